The van der Waals surface area contributed by atoms with Crippen molar-refractivity contribution in [2.24, 2.45) is 0 Å². The van der Waals surface area contributed by atoms with Gasteiger partial charge in [-0.1, -0.05) is 0 Å². The highest BCUT2D eigenvalue weighted by Crippen LogP contribution is 2.31. The first-order valence-electron chi connectivity index (χ1n) is 10.9. The van der Waals surface area contributed by atoms with Gasteiger partial charge in [0.2, 0.25) is 5.91 Å². The van der Waals surface area contributed by atoms with Gasteiger partial charge in [-0.25, -0.2) is 9.97 Å². The van der Waals surface area contributed by atoms with E-state index in [9.17, 15) is 4.79 Å². The Morgan fingerprint density at radius 1 is 1.23 bits per heavy atom. The van der Waals surface area contributed by atoms with Crippen LogP contribution in [0, 0.1) is 20.8 Å². The van der Waals surface area contributed by atoms with Gasteiger partial charge in [-0.15, -0.1) is 0 Å². The fourth-order valence-corrected chi connectivity index (χ4v) is 4.44. The number of rotatable bonds is 7. The number of benzene rings is 1. The summed E-state index contributed by atoms with van der Waals surface area (Å²) in [5, 5.41) is 3.15. The van der Waals surface area contributed by atoms with E-state index in [1.54, 1.807) is 14.0 Å². The van der Waals surface area contributed by atoms with E-state index < -0.39 is 0 Å². The third-order valence-corrected chi connectivity index (χ3v) is 6.30. The molecule has 1 atom stereocenters. The highest BCUT2D eigenvalue weighted by atomic mass is 16.5. The van der Waals surface area contributed by atoms with Crippen molar-refractivity contribution in [3.8, 4) is 5.75 Å². The van der Waals surface area contributed by atoms with Crippen molar-refractivity contribution in [1.82, 2.24) is 19.8 Å². The summed E-state index contributed by atoms with van der Waals surface area (Å²) in [6.45, 7) is 10.3. The standard InChI is InChI=1S/C24H35N5O2/c1-15-11-22(31-7)17(3)16(2)20(15)14-28(6)13-19-12-23(25-5)27-24(26-19)21-9-8-10-29(21)18(4)30/h11-12,21H,8-10,13-14H2,1-7H3,(H,25,26,27)/t21-/m0/s1. The van der Waals surface area contributed by atoms with Gasteiger partial charge in [-0.05, 0) is 69.0 Å². The molecule has 0 saturated carbocycles. The van der Waals surface area contributed by atoms with Crippen molar-refractivity contribution in [1.29, 1.82) is 0 Å². The molecule has 31 heavy (non-hydrogen) atoms. The van der Waals surface area contributed by atoms with Crippen LogP contribution in [-0.4, -0.2) is 53.4 Å². The second-order valence-corrected chi connectivity index (χ2v) is 8.52. The van der Waals surface area contributed by atoms with Gasteiger partial charge in [-0.2, -0.15) is 0 Å². The molecule has 1 aliphatic heterocycles. The first-order chi connectivity index (χ1) is 14.7. The Kier molecular flexibility index (Phi) is 7.15. The van der Waals surface area contributed by atoms with Crippen molar-refractivity contribution in [3.05, 3.63) is 45.9 Å². The Bertz CT molecular complexity index is 959. The van der Waals surface area contributed by atoms with Crippen LogP contribution in [0.2, 0.25) is 0 Å². The SMILES string of the molecule is CNc1cc(CN(C)Cc2c(C)cc(OC)c(C)c2C)nc([C@@H]2CCCN2C(C)=O)n1. The monoisotopic (exact) mass is 425 g/mol. The van der Waals surface area contributed by atoms with Crippen LogP contribution in [0.5, 0.6) is 5.75 Å². The highest BCUT2D eigenvalue weighted by molar-refractivity contribution is 5.74. The maximum Gasteiger partial charge on any atom is 0.220 e. The number of ether oxygens (including phenoxy) is 1. The predicted molar refractivity (Wildman–Crippen MR) is 123 cm³/mol. The number of carbonyl (C=O) groups is 1. The zero-order valence-electron chi connectivity index (χ0n) is 19.9. The third kappa shape index (κ3) is 4.98. The Hall–Kier alpha value is -2.67. The summed E-state index contributed by atoms with van der Waals surface area (Å²) in [5.41, 5.74) is 5.96. The number of nitrogens with zero attached hydrogens (tertiary/aromatic N) is 4. The summed E-state index contributed by atoms with van der Waals surface area (Å²) in [6, 6.07) is 4.07. The molecule has 0 unspecified atom stereocenters. The molecule has 1 saturated heterocycles. The van der Waals surface area contributed by atoms with Crippen LogP contribution in [0.1, 0.15) is 59.6 Å². The van der Waals surface area contributed by atoms with Crippen LogP contribution in [0.3, 0.4) is 0 Å². The molecule has 7 nitrogen and oxygen atoms in total. The molecule has 2 heterocycles. The van der Waals surface area contributed by atoms with E-state index in [4.69, 9.17) is 9.72 Å². The second kappa shape index (κ2) is 9.64. The fraction of sp³-hybridized carbons (Fsp3) is 0.542. The van der Waals surface area contributed by atoms with Crippen molar-refractivity contribution in [2.75, 3.05) is 33.1 Å². The van der Waals surface area contributed by atoms with Crippen molar-refractivity contribution in [2.45, 2.75) is 59.7 Å². The van der Waals surface area contributed by atoms with E-state index in [1.807, 2.05) is 18.0 Å². The van der Waals surface area contributed by atoms with Gasteiger partial charge in [-0.3, -0.25) is 9.69 Å². The lowest BCUT2D eigenvalue weighted by Crippen LogP contribution is -2.29. The third-order valence-electron chi connectivity index (χ3n) is 6.30. The molecule has 1 aromatic carbocycles. The molecular formula is C24H35N5O2. The van der Waals surface area contributed by atoms with Crippen LogP contribution >= 0.6 is 0 Å². The molecule has 1 fully saturated rings. The maximum atomic E-state index is 12.0. The minimum atomic E-state index is -0.0383. The number of aryl methyl sites for hydroxylation is 1. The van der Waals surface area contributed by atoms with Gasteiger partial charge in [0.05, 0.1) is 18.8 Å². The van der Waals surface area contributed by atoms with Crippen LogP contribution in [0.25, 0.3) is 0 Å². The topological polar surface area (TPSA) is 70.6 Å². The molecular weight excluding hydrogens is 390 g/mol. The smallest absolute Gasteiger partial charge is 0.220 e. The van der Waals surface area contributed by atoms with Crippen LogP contribution < -0.4 is 10.1 Å². The minimum absolute atomic E-state index is 0.0383. The quantitative estimate of drug-likeness (QED) is 0.728. The number of hydrogen-bond donors (Lipinski definition) is 1. The maximum absolute atomic E-state index is 12.0. The van der Waals surface area contributed by atoms with E-state index in [0.717, 1.165) is 49.0 Å². The van der Waals surface area contributed by atoms with Crippen molar-refractivity contribution in [3.63, 3.8) is 0 Å². The molecule has 1 aromatic heterocycles. The van der Waals surface area contributed by atoms with Crippen LogP contribution in [-0.2, 0) is 17.9 Å². The summed E-state index contributed by atoms with van der Waals surface area (Å²) in [5.74, 6) is 2.54. The summed E-state index contributed by atoms with van der Waals surface area (Å²) in [7, 11) is 5.69. The molecule has 1 aliphatic rings. The highest BCUT2D eigenvalue weighted by Gasteiger charge is 2.30. The molecule has 0 bridgehead atoms. The van der Waals surface area contributed by atoms with Gasteiger partial charge in [0, 0.05) is 39.7 Å². The van der Waals surface area contributed by atoms with E-state index in [2.05, 4.69) is 49.1 Å². The predicted octanol–water partition coefficient (Wildman–Crippen LogP) is 3.77. The molecule has 168 valence electrons. The normalized spacial score (nSPS) is 16.1. The molecule has 0 aliphatic carbocycles. The molecule has 3 rings (SSSR count). The summed E-state index contributed by atoms with van der Waals surface area (Å²) >= 11 is 0. The van der Waals surface area contributed by atoms with Crippen LogP contribution in [0.4, 0.5) is 5.82 Å². The van der Waals surface area contributed by atoms with Gasteiger partial charge in [0.1, 0.15) is 11.6 Å². The number of likely N-dealkylation sites (tertiary alicyclic amines) is 1. The number of nitrogens with one attached hydrogen (secondary N) is 1. The lowest BCUT2D eigenvalue weighted by atomic mass is 9.97. The first kappa shape index (κ1) is 23.0. The molecule has 1 N–H and O–H groups in total. The van der Waals surface area contributed by atoms with Gasteiger partial charge < -0.3 is 15.0 Å². The molecule has 1 amide bonds. The zero-order chi connectivity index (χ0) is 22.7. The molecule has 2 aromatic rings. The Labute approximate surface area is 185 Å². The first-order valence-corrected chi connectivity index (χ1v) is 10.9. The second-order valence-electron chi connectivity index (χ2n) is 8.52. The summed E-state index contributed by atoms with van der Waals surface area (Å²) < 4.78 is 5.51. The number of methoxy groups -OCH3 is 1. The number of amides is 1. The number of hydrogen-bond acceptors (Lipinski definition) is 6. The number of anilines is 1. The average molecular weight is 426 g/mol. The lowest BCUT2D eigenvalue weighted by molar-refractivity contribution is -0.129. The molecule has 7 heteroatoms. The van der Waals surface area contributed by atoms with Crippen LogP contribution in [0.15, 0.2) is 12.1 Å². The Morgan fingerprint density at radius 2 is 1.97 bits per heavy atom. The van der Waals surface area contributed by atoms with Crippen molar-refractivity contribution < 1.29 is 9.53 Å². The summed E-state index contributed by atoms with van der Waals surface area (Å²) in [6.07, 6.45) is 1.90. The minimum Gasteiger partial charge on any atom is -0.496 e. The van der Waals surface area contributed by atoms with E-state index in [-0.39, 0.29) is 11.9 Å². The molecule has 0 spiro atoms. The Balaban J connectivity index is 1.83. The summed E-state index contributed by atoms with van der Waals surface area (Å²) in [4.78, 5) is 25.7. The van der Waals surface area contributed by atoms with E-state index in [0.29, 0.717) is 6.54 Å². The van der Waals surface area contributed by atoms with Gasteiger partial charge in [0.25, 0.3) is 0 Å². The van der Waals surface area contributed by atoms with Gasteiger partial charge in [0.15, 0.2) is 5.82 Å². The lowest BCUT2D eigenvalue weighted by Gasteiger charge is -2.24. The Morgan fingerprint density at radius 3 is 2.61 bits per heavy atom. The van der Waals surface area contributed by atoms with E-state index in [1.165, 1.54) is 22.3 Å². The number of aromatic nitrogens is 2. The average Bonchev–Trinajstić information content (AvgIpc) is 3.24. The zero-order valence-corrected chi connectivity index (χ0v) is 19.9. The van der Waals surface area contributed by atoms with E-state index >= 15 is 0 Å². The number of carbonyl (C=O) groups excluding carboxylic acids is 1. The van der Waals surface area contributed by atoms with Gasteiger partial charge >= 0.3 is 0 Å². The fourth-order valence-electron chi connectivity index (χ4n) is 4.44. The largest absolute Gasteiger partial charge is 0.496 e. The molecule has 0 radical (unpaired) electrons. The van der Waals surface area contributed by atoms with Crippen molar-refractivity contribution >= 4 is 11.7 Å².